The van der Waals surface area contributed by atoms with E-state index in [0.717, 1.165) is 5.56 Å². The number of carbonyl (C=O) groups excluding carboxylic acids is 4. The van der Waals surface area contributed by atoms with Crippen LogP contribution >= 0.6 is 0 Å². The Balaban J connectivity index is 1.61. The number of nitrogens with zero attached hydrogens (tertiary/aromatic N) is 1. The summed E-state index contributed by atoms with van der Waals surface area (Å²) in [5.74, 6) is -2.04. The van der Waals surface area contributed by atoms with Gasteiger partial charge in [-0.2, -0.15) is 0 Å². The molecule has 0 fully saturated rings. The Morgan fingerprint density at radius 2 is 1.73 bits per heavy atom. The van der Waals surface area contributed by atoms with Crippen LogP contribution in [-0.4, -0.2) is 62.0 Å². The van der Waals surface area contributed by atoms with Crippen molar-refractivity contribution in [3.8, 4) is 0 Å². The standard InChI is InChI=1S/C22H22N2O6/c1-29-12-10-23-19(25)14-30-22(28)16-7-8-17-18(13-16)21(27)24(20(17)26)11-9-15-5-3-2-4-6-15/h2-8,13H,9-12,14H2,1H3,(H,23,25). The quantitative estimate of drug-likeness (QED) is 0.381. The number of hydrogen-bond donors (Lipinski definition) is 1. The summed E-state index contributed by atoms with van der Waals surface area (Å²) in [6.07, 6.45) is 0.541. The van der Waals surface area contributed by atoms with Crippen LogP contribution in [-0.2, 0) is 20.7 Å². The molecule has 0 spiro atoms. The predicted molar refractivity (Wildman–Crippen MR) is 107 cm³/mol. The van der Waals surface area contributed by atoms with Gasteiger partial charge in [0.2, 0.25) is 0 Å². The lowest BCUT2D eigenvalue weighted by molar-refractivity contribution is -0.124. The van der Waals surface area contributed by atoms with E-state index in [1.54, 1.807) is 0 Å². The Labute approximate surface area is 173 Å². The number of ether oxygens (including phenoxy) is 2. The predicted octanol–water partition coefficient (Wildman–Crippen LogP) is 1.44. The van der Waals surface area contributed by atoms with Crippen LogP contribution in [0.1, 0.15) is 36.6 Å². The van der Waals surface area contributed by atoms with E-state index in [1.807, 2.05) is 30.3 Å². The highest BCUT2D eigenvalue weighted by Gasteiger charge is 2.35. The number of methoxy groups -OCH3 is 1. The van der Waals surface area contributed by atoms with E-state index >= 15 is 0 Å². The van der Waals surface area contributed by atoms with E-state index in [0.29, 0.717) is 19.6 Å². The molecule has 0 aromatic heterocycles. The Hall–Kier alpha value is -3.52. The molecule has 156 valence electrons. The van der Waals surface area contributed by atoms with Crippen LogP contribution in [0.5, 0.6) is 0 Å². The number of carbonyl (C=O) groups is 4. The van der Waals surface area contributed by atoms with Crippen LogP contribution in [0.3, 0.4) is 0 Å². The number of esters is 1. The van der Waals surface area contributed by atoms with E-state index in [2.05, 4.69) is 5.32 Å². The molecule has 1 aliphatic rings. The van der Waals surface area contributed by atoms with Gasteiger partial charge in [-0.25, -0.2) is 4.79 Å². The summed E-state index contributed by atoms with van der Waals surface area (Å²) in [6.45, 7) is 0.454. The molecule has 0 saturated heterocycles. The maximum absolute atomic E-state index is 12.7. The molecular formula is C22H22N2O6. The fourth-order valence-electron chi connectivity index (χ4n) is 3.06. The SMILES string of the molecule is COCCNC(=O)COC(=O)c1ccc2c(c1)C(=O)N(CCc1ccccc1)C2=O. The van der Waals surface area contributed by atoms with Gasteiger partial charge >= 0.3 is 5.97 Å². The highest BCUT2D eigenvalue weighted by atomic mass is 16.5. The van der Waals surface area contributed by atoms with Gasteiger partial charge in [0, 0.05) is 20.2 Å². The van der Waals surface area contributed by atoms with Crippen molar-refractivity contribution < 1.29 is 28.7 Å². The van der Waals surface area contributed by atoms with Gasteiger partial charge in [0.1, 0.15) is 0 Å². The topological polar surface area (TPSA) is 102 Å². The van der Waals surface area contributed by atoms with E-state index in [4.69, 9.17) is 9.47 Å². The smallest absolute Gasteiger partial charge is 0.338 e. The third kappa shape index (κ3) is 4.90. The van der Waals surface area contributed by atoms with Crippen molar-refractivity contribution >= 4 is 23.7 Å². The fraction of sp³-hybridized carbons (Fsp3) is 0.273. The number of nitrogens with one attached hydrogen (secondary N) is 1. The lowest BCUT2D eigenvalue weighted by atomic mass is 10.1. The van der Waals surface area contributed by atoms with Crippen LogP contribution in [0.15, 0.2) is 48.5 Å². The van der Waals surface area contributed by atoms with Crippen molar-refractivity contribution in [2.45, 2.75) is 6.42 Å². The number of rotatable bonds is 9. The molecule has 2 aromatic carbocycles. The monoisotopic (exact) mass is 410 g/mol. The molecule has 0 atom stereocenters. The molecule has 0 radical (unpaired) electrons. The molecule has 2 aromatic rings. The highest BCUT2D eigenvalue weighted by Crippen LogP contribution is 2.24. The summed E-state index contributed by atoms with van der Waals surface area (Å²) in [6, 6.07) is 13.7. The molecule has 1 aliphatic heterocycles. The van der Waals surface area contributed by atoms with Gasteiger partial charge in [0.25, 0.3) is 17.7 Å². The largest absolute Gasteiger partial charge is 0.452 e. The summed E-state index contributed by atoms with van der Waals surface area (Å²) < 4.78 is 9.79. The molecule has 30 heavy (non-hydrogen) atoms. The number of imide groups is 1. The molecule has 0 bridgehead atoms. The van der Waals surface area contributed by atoms with Crippen molar-refractivity contribution in [1.82, 2.24) is 10.2 Å². The maximum Gasteiger partial charge on any atom is 0.338 e. The summed E-state index contributed by atoms with van der Waals surface area (Å²) in [5.41, 5.74) is 1.53. The Morgan fingerprint density at radius 3 is 2.47 bits per heavy atom. The average molecular weight is 410 g/mol. The van der Waals surface area contributed by atoms with Crippen molar-refractivity contribution in [3.05, 3.63) is 70.8 Å². The minimum Gasteiger partial charge on any atom is -0.452 e. The van der Waals surface area contributed by atoms with Gasteiger partial charge < -0.3 is 14.8 Å². The van der Waals surface area contributed by atoms with Gasteiger partial charge in [-0.3, -0.25) is 19.3 Å². The normalized spacial score (nSPS) is 12.6. The molecule has 8 nitrogen and oxygen atoms in total. The van der Waals surface area contributed by atoms with Gasteiger partial charge in [0.05, 0.1) is 23.3 Å². The lowest BCUT2D eigenvalue weighted by Gasteiger charge is -2.13. The lowest BCUT2D eigenvalue weighted by Crippen LogP contribution is -2.31. The fourth-order valence-corrected chi connectivity index (χ4v) is 3.06. The van der Waals surface area contributed by atoms with Gasteiger partial charge in [-0.15, -0.1) is 0 Å². The second-order valence-electron chi connectivity index (χ2n) is 6.68. The van der Waals surface area contributed by atoms with Crippen molar-refractivity contribution in [1.29, 1.82) is 0 Å². The van der Waals surface area contributed by atoms with Crippen LogP contribution in [0.2, 0.25) is 0 Å². The number of amides is 3. The number of fused-ring (bicyclic) bond motifs is 1. The molecule has 0 saturated carbocycles. The highest BCUT2D eigenvalue weighted by molar-refractivity contribution is 6.22. The summed E-state index contributed by atoms with van der Waals surface area (Å²) in [7, 11) is 1.51. The van der Waals surface area contributed by atoms with E-state index in [1.165, 1.54) is 30.2 Å². The Bertz CT molecular complexity index is 957. The van der Waals surface area contributed by atoms with Gasteiger partial charge in [-0.05, 0) is 30.2 Å². The molecule has 0 unspecified atom stereocenters. The average Bonchev–Trinajstić information content (AvgIpc) is 3.00. The first kappa shape index (κ1) is 21.2. The minimum absolute atomic E-state index is 0.101. The zero-order chi connectivity index (χ0) is 21.5. The summed E-state index contributed by atoms with van der Waals surface area (Å²) in [4.78, 5) is 50.3. The molecule has 1 N–H and O–H groups in total. The Kier molecular flexibility index (Phi) is 6.92. The molecule has 8 heteroatoms. The van der Waals surface area contributed by atoms with Gasteiger partial charge in [0.15, 0.2) is 6.61 Å². The van der Waals surface area contributed by atoms with Crippen LogP contribution < -0.4 is 5.32 Å². The van der Waals surface area contributed by atoms with Gasteiger partial charge in [-0.1, -0.05) is 30.3 Å². The van der Waals surface area contributed by atoms with E-state index in [-0.39, 0.29) is 29.1 Å². The number of hydrogen-bond acceptors (Lipinski definition) is 6. The second-order valence-corrected chi connectivity index (χ2v) is 6.68. The molecule has 0 aliphatic carbocycles. The molecule has 1 heterocycles. The minimum atomic E-state index is -0.748. The molecule has 3 rings (SSSR count). The Morgan fingerprint density at radius 1 is 1.00 bits per heavy atom. The first-order chi connectivity index (χ1) is 14.5. The molecule has 3 amide bonds. The summed E-state index contributed by atoms with van der Waals surface area (Å²) >= 11 is 0. The van der Waals surface area contributed by atoms with Crippen LogP contribution in [0.4, 0.5) is 0 Å². The van der Waals surface area contributed by atoms with E-state index < -0.39 is 24.4 Å². The first-order valence-electron chi connectivity index (χ1n) is 9.48. The van der Waals surface area contributed by atoms with Crippen LogP contribution in [0.25, 0.3) is 0 Å². The van der Waals surface area contributed by atoms with Crippen LogP contribution in [0, 0.1) is 0 Å². The van der Waals surface area contributed by atoms with Crippen molar-refractivity contribution in [2.24, 2.45) is 0 Å². The summed E-state index contributed by atoms with van der Waals surface area (Å²) in [5, 5.41) is 2.53. The maximum atomic E-state index is 12.7. The van der Waals surface area contributed by atoms with E-state index in [9.17, 15) is 19.2 Å². The number of benzene rings is 2. The third-order valence-electron chi connectivity index (χ3n) is 4.64. The third-order valence-corrected chi connectivity index (χ3v) is 4.64. The zero-order valence-electron chi connectivity index (χ0n) is 16.6. The second kappa shape index (κ2) is 9.80. The van der Waals surface area contributed by atoms with Crippen molar-refractivity contribution in [3.63, 3.8) is 0 Å². The first-order valence-corrected chi connectivity index (χ1v) is 9.48. The molecular weight excluding hydrogens is 388 g/mol. The zero-order valence-corrected chi connectivity index (χ0v) is 16.6. The van der Waals surface area contributed by atoms with Crippen molar-refractivity contribution in [2.75, 3.05) is 33.4 Å².